The molecule has 0 aliphatic carbocycles. The number of rotatable bonds is 5. The third kappa shape index (κ3) is 3.76. The first-order valence-corrected chi connectivity index (χ1v) is 8.26. The minimum atomic E-state index is -0.600. The normalized spacial score (nSPS) is 30.5. The van der Waals surface area contributed by atoms with E-state index in [9.17, 15) is 4.79 Å². The molecule has 2 heterocycles. The topological polar surface area (TPSA) is 44.8 Å². The summed E-state index contributed by atoms with van der Waals surface area (Å²) >= 11 is 0. The van der Waals surface area contributed by atoms with Crippen LogP contribution in [0.1, 0.15) is 33.1 Å². The molecule has 122 valence electrons. The van der Waals surface area contributed by atoms with Crippen LogP contribution in [0.25, 0.3) is 0 Å². The van der Waals surface area contributed by atoms with Gasteiger partial charge in [-0.25, -0.2) is 0 Å². The molecule has 0 aromatic carbocycles. The van der Waals surface area contributed by atoms with Gasteiger partial charge >= 0.3 is 5.97 Å². The second-order valence-corrected chi connectivity index (χ2v) is 6.83. The van der Waals surface area contributed by atoms with Crippen molar-refractivity contribution in [1.82, 2.24) is 15.1 Å². The van der Waals surface area contributed by atoms with Gasteiger partial charge in [-0.05, 0) is 58.8 Å². The van der Waals surface area contributed by atoms with Crippen molar-refractivity contribution in [2.24, 2.45) is 5.92 Å². The molecule has 0 bridgehead atoms. The van der Waals surface area contributed by atoms with Gasteiger partial charge < -0.3 is 19.9 Å². The second kappa shape index (κ2) is 7.07. The fraction of sp³-hybridized carbons (Fsp3) is 0.938. The van der Waals surface area contributed by atoms with Gasteiger partial charge in [0.25, 0.3) is 0 Å². The molecule has 0 saturated carbocycles. The first kappa shape index (κ1) is 16.7. The number of hydrogen-bond donors (Lipinski definition) is 1. The Labute approximate surface area is 129 Å². The average Bonchev–Trinajstić information content (AvgIpc) is 2.46. The fourth-order valence-corrected chi connectivity index (χ4v) is 4.13. The van der Waals surface area contributed by atoms with Crippen molar-refractivity contribution in [3.05, 3.63) is 0 Å². The van der Waals surface area contributed by atoms with Gasteiger partial charge in [-0.1, -0.05) is 6.92 Å². The van der Waals surface area contributed by atoms with E-state index in [0.29, 0.717) is 0 Å². The number of likely N-dealkylation sites (N-methyl/N-ethyl adjacent to an activating group) is 1. The maximum Gasteiger partial charge on any atom is 0.327 e. The van der Waals surface area contributed by atoms with Gasteiger partial charge in [-0.3, -0.25) is 4.79 Å². The van der Waals surface area contributed by atoms with Crippen LogP contribution < -0.4 is 5.32 Å². The Kier molecular flexibility index (Phi) is 5.63. The molecular formula is C16H31N3O2. The lowest BCUT2D eigenvalue weighted by Gasteiger charge is -2.47. The van der Waals surface area contributed by atoms with Crippen molar-refractivity contribution in [3.8, 4) is 0 Å². The summed E-state index contributed by atoms with van der Waals surface area (Å²) in [6.07, 6.45) is 3.83. The molecule has 2 fully saturated rings. The molecule has 0 aromatic heterocycles. The first-order chi connectivity index (χ1) is 10.00. The van der Waals surface area contributed by atoms with Crippen molar-refractivity contribution in [2.45, 2.75) is 44.7 Å². The standard InChI is InChI=1S/C16H31N3O2/c1-5-17-16(2,15(20)21-4)12-19-10-8-14-13(11-19)7-6-9-18(14)3/h13-14,17H,5-12H2,1-4H3. The van der Waals surface area contributed by atoms with E-state index in [4.69, 9.17) is 4.74 Å². The number of ether oxygens (including phenoxy) is 1. The van der Waals surface area contributed by atoms with Crippen molar-refractivity contribution in [1.29, 1.82) is 0 Å². The maximum absolute atomic E-state index is 12.1. The molecule has 3 unspecified atom stereocenters. The van der Waals surface area contributed by atoms with Crippen molar-refractivity contribution < 1.29 is 9.53 Å². The quantitative estimate of drug-likeness (QED) is 0.765. The van der Waals surface area contributed by atoms with Crippen LogP contribution in [0.2, 0.25) is 0 Å². The van der Waals surface area contributed by atoms with Crippen LogP contribution in [0.4, 0.5) is 0 Å². The SMILES string of the molecule is CCNC(C)(CN1CCC2C(CCCN2C)C1)C(=O)OC. The Morgan fingerprint density at radius 3 is 2.81 bits per heavy atom. The van der Waals surface area contributed by atoms with Gasteiger partial charge in [0.05, 0.1) is 7.11 Å². The lowest BCUT2D eigenvalue weighted by Crippen LogP contribution is -2.61. The summed E-state index contributed by atoms with van der Waals surface area (Å²) in [5, 5.41) is 3.31. The third-order valence-electron chi connectivity index (χ3n) is 5.17. The van der Waals surface area contributed by atoms with E-state index in [1.54, 1.807) is 0 Å². The summed E-state index contributed by atoms with van der Waals surface area (Å²) in [5.41, 5.74) is -0.600. The number of carbonyl (C=O) groups is 1. The second-order valence-electron chi connectivity index (χ2n) is 6.83. The van der Waals surface area contributed by atoms with Gasteiger partial charge in [-0.2, -0.15) is 0 Å². The molecule has 2 rings (SSSR count). The summed E-state index contributed by atoms with van der Waals surface area (Å²) in [6.45, 7) is 8.91. The van der Waals surface area contributed by atoms with Crippen LogP contribution in [0.15, 0.2) is 0 Å². The molecule has 0 aromatic rings. The van der Waals surface area contributed by atoms with Crippen molar-refractivity contribution in [2.75, 3.05) is 46.9 Å². The van der Waals surface area contributed by atoms with Crippen LogP contribution >= 0.6 is 0 Å². The summed E-state index contributed by atoms with van der Waals surface area (Å²) in [4.78, 5) is 17.1. The lowest BCUT2D eigenvalue weighted by atomic mass is 9.83. The Hall–Kier alpha value is -0.650. The zero-order valence-electron chi connectivity index (χ0n) is 14.0. The molecule has 2 aliphatic rings. The summed E-state index contributed by atoms with van der Waals surface area (Å²) < 4.78 is 5.00. The number of carbonyl (C=O) groups excluding carboxylic acids is 1. The summed E-state index contributed by atoms with van der Waals surface area (Å²) in [7, 11) is 3.73. The molecule has 0 radical (unpaired) electrons. The average molecular weight is 297 g/mol. The van der Waals surface area contributed by atoms with Crippen LogP contribution in [-0.2, 0) is 9.53 Å². The van der Waals surface area contributed by atoms with Crippen LogP contribution in [0, 0.1) is 5.92 Å². The largest absolute Gasteiger partial charge is 0.468 e. The van der Waals surface area contributed by atoms with Gasteiger partial charge in [0.1, 0.15) is 5.54 Å². The minimum Gasteiger partial charge on any atom is -0.468 e. The number of nitrogens with one attached hydrogen (secondary N) is 1. The monoisotopic (exact) mass is 297 g/mol. The van der Waals surface area contributed by atoms with Gasteiger partial charge in [0, 0.05) is 19.1 Å². The molecule has 1 N–H and O–H groups in total. The van der Waals surface area contributed by atoms with Gasteiger partial charge in [-0.15, -0.1) is 0 Å². The van der Waals surface area contributed by atoms with E-state index in [1.165, 1.54) is 32.9 Å². The van der Waals surface area contributed by atoms with E-state index in [1.807, 2.05) is 13.8 Å². The highest BCUT2D eigenvalue weighted by atomic mass is 16.5. The van der Waals surface area contributed by atoms with Gasteiger partial charge in [0.15, 0.2) is 0 Å². The molecule has 2 saturated heterocycles. The highest BCUT2D eigenvalue weighted by Gasteiger charge is 2.39. The number of hydrogen-bond acceptors (Lipinski definition) is 5. The van der Waals surface area contributed by atoms with E-state index >= 15 is 0 Å². The molecule has 3 atom stereocenters. The van der Waals surface area contributed by atoms with Crippen LogP contribution in [0.3, 0.4) is 0 Å². The molecule has 5 heteroatoms. The summed E-state index contributed by atoms with van der Waals surface area (Å²) in [6, 6.07) is 0.735. The molecule has 0 spiro atoms. The number of nitrogens with zero attached hydrogens (tertiary/aromatic N) is 2. The molecule has 0 amide bonds. The Bertz CT molecular complexity index is 363. The summed E-state index contributed by atoms with van der Waals surface area (Å²) in [5.74, 6) is 0.591. The Morgan fingerprint density at radius 1 is 1.38 bits per heavy atom. The zero-order chi connectivity index (χ0) is 15.5. The highest BCUT2D eigenvalue weighted by Crippen LogP contribution is 2.30. The smallest absolute Gasteiger partial charge is 0.327 e. The minimum absolute atomic E-state index is 0.160. The fourth-order valence-electron chi connectivity index (χ4n) is 4.13. The number of methoxy groups -OCH3 is 1. The number of likely N-dealkylation sites (tertiary alicyclic amines) is 2. The van der Waals surface area contributed by atoms with Crippen molar-refractivity contribution >= 4 is 5.97 Å². The van der Waals surface area contributed by atoms with Crippen molar-refractivity contribution in [3.63, 3.8) is 0 Å². The number of fused-ring (bicyclic) bond motifs is 1. The molecule has 5 nitrogen and oxygen atoms in total. The Morgan fingerprint density at radius 2 is 2.14 bits per heavy atom. The van der Waals surface area contributed by atoms with Crippen LogP contribution in [0.5, 0.6) is 0 Å². The molecule has 21 heavy (non-hydrogen) atoms. The number of esters is 1. The Balaban J connectivity index is 1.97. The predicted octanol–water partition coefficient (Wildman–Crippen LogP) is 0.944. The van der Waals surface area contributed by atoms with E-state index < -0.39 is 5.54 Å². The molecular weight excluding hydrogens is 266 g/mol. The maximum atomic E-state index is 12.1. The van der Waals surface area contributed by atoms with Gasteiger partial charge in [0.2, 0.25) is 0 Å². The number of piperidine rings is 2. The van der Waals surface area contributed by atoms with E-state index in [2.05, 4.69) is 22.2 Å². The predicted molar refractivity (Wildman–Crippen MR) is 84.3 cm³/mol. The van der Waals surface area contributed by atoms with Crippen LogP contribution in [-0.4, -0.2) is 74.2 Å². The van der Waals surface area contributed by atoms with E-state index in [0.717, 1.165) is 38.1 Å². The highest BCUT2D eigenvalue weighted by molar-refractivity contribution is 5.80. The lowest BCUT2D eigenvalue weighted by molar-refractivity contribution is -0.149. The third-order valence-corrected chi connectivity index (χ3v) is 5.17. The molecule has 2 aliphatic heterocycles. The first-order valence-electron chi connectivity index (χ1n) is 8.26. The zero-order valence-corrected chi connectivity index (χ0v) is 14.0. The van der Waals surface area contributed by atoms with E-state index in [-0.39, 0.29) is 5.97 Å².